The van der Waals surface area contributed by atoms with Crippen molar-refractivity contribution >= 4 is 10.1 Å². The Balaban J connectivity index is 0. The SMILES string of the molecule is CCCCCCCCCCCC(O)CC(CCCCCCCCC)S(=O)(=O)[O-].[K+]. The van der Waals surface area contributed by atoms with Crippen LogP contribution in [0.25, 0.3) is 0 Å². The van der Waals surface area contributed by atoms with Crippen molar-refractivity contribution in [3.63, 3.8) is 0 Å². The summed E-state index contributed by atoms with van der Waals surface area (Å²) in [7, 11) is -4.32. The Morgan fingerprint density at radius 1 is 0.655 bits per heavy atom. The van der Waals surface area contributed by atoms with Crippen LogP contribution >= 0.6 is 0 Å². The molecule has 0 aromatic heterocycles. The average Bonchev–Trinajstić information content (AvgIpc) is 2.64. The van der Waals surface area contributed by atoms with Gasteiger partial charge in [-0.25, -0.2) is 8.42 Å². The summed E-state index contributed by atoms with van der Waals surface area (Å²) in [6.07, 6.45) is 19.2. The molecular formula is C23H47KO4S. The topological polar surface area (TPSA) is 77.4 Å². The van der Waals surface area contributed by atoms with Crippen LogP contribution in [0.1, 0.15) is 136 Å². The Bertz CT molecular complexity index is 429. The summed E-state index contributed by atoms with van der Waals surface area (Å²) in [5.74, 6) is 0. The third kappa shape index (κ3) is 22.5. The molecule has 0 saturated heterocycles. The van der Waals surface area contributed by atoms with Crippen molar-refractivity contribution in [1.29, 1.82) is 0 Å². The number of hydrogen-bond donors (Lipinski definition) is 1. The minimum Gasteiger partial charge on any atom is -0.748 e. The first kappa shape index (κ1) is 32.7. The predicted molar refractivity (Wildman–Crippen MR) is 119 cm³/mol. The molecule has 1 N–H and O–H groups in total. The van der Waals surface area contributed by atoms with Gasteiger partial charge in [0.15, 0.2) is 0 Å². The van der Waals surface area contributed by atoms with Crippen molar-refractivity contribution in [3.8, 4) is 0 Å². The molecule has 4 nitrogen and oxygen atoms in total. The second-order valence-electron chi connectivity index (χ2n) is 8.53. The summed E-state index contributed by atoms with van der Waals surface area (Å²) in [6, 6.07) is 0. The molecule has 0 saturated carbocycles. The Labute approximate surface area is 224 Å². The molecule has 0 aliphatic carbocycles. The van der Waals surface area contributed by atoms with Gasteiger partial charge in [0.05, 0.1) is 21.5 Å². The van der Waals surface area contributed by atoms with E-state index >= 15 is 0 Å². The number of rotatable bonds is 21. The minimum atomic E-state index is -4.32. The van der Waals surface area contributed by atoms with Crippen molar-refractivity contribution in [3.05, 3.63) is 0 Å². The summed E-state index contributed by atoms with van der Waals surface area (Å²) in [6.45, 7) is 4.41. The third-order valence-electron chi connectivity index (χ3n) is 5.71. The normalized spacial score (nSPS) is 13.8. The monoisotopic (exact) mass is 458 g/mol. The van der Waals surface area contributed by atoms with Gasteiger partial charge in [-0.15, -0.1) is 0 Å². The van der Waals surface area contributed by atoms with Crippen LogP contribution in [0.5, 0.6) is 0 Å². The maximum Gasteiger partial charge on any atom is 1.00 e. The van der Waals surface area contributed by atoms with E-state index in [1.807, 2.05) is 0 Å². The smallest absolute Gasteiger partial charge is 0.748 e. The van der Waals surface area contributed by atoms with Gasteiger partial charge in [-0.3, -0.25) is 0 Å². The summed E-state index contributed by atoms with van der Waals surface area (Å²) in [4.78, 5) is 0. The molecule has 2 unspecified atom stereocenters. The van der Waals surface area contributed by atoms with Crippen LogP contribution in [0.2, 0.25) is 0 Å². The number of aliphatic hydroxyl groups excluding tert-OH is 1. The van der Waals surface area contributed by atoms with E-state index in [-0.39, 0.29) is 57.8 Å². The van der Waals surface area contributed by atoms with E-state index in [9.17, 15) is 18.1 Å². The quantitative estimate of drug-likeness (QED) is 0.162. The molecule has 6 heteroatoms. The van der Waals surface area contributed by atoms with Crippen molar-refractivity contribution in [1.82, 2.24) is 0 Å². The summed E-state index contributed by atoms with van der Waals surface area (Å²) >= 11 is 0. The van der Waals surface area contributed by atoms with E-state index in [0.717, 1.165) is 32.1 Å². The molecule has 0 fully saturated rings. The van der Waals surface area contributed by atoms with Crippen molar-refractivity contribution in [2.45, 2.75) is 147 Å². The van der Waals surface area contributed by atoms with Crippen LogP contribution in [0.15, 0.2) is 0 Å². The summed E-state index contributed by atoms with van der Waals surface area (Å²) in [5, 5.41) is 9.26. The van der Waals surface area contributed by atoms with Gasteiger partial charge in [0, 0.05) is 0 Å². The van der Waals surface area contributed by atoms with Crippen LogP contribution in [-0.2, 0) is 10.1 Å². The molecule has 2 atom stereocenters. The van der Waals surface area contributed by atoms with Gasteiger partial charge in [0.2, 0.25) is 0 Å². The van der Waals surface area contributed by atoms with E-state index in [0.29, 0.717) is 12.8 Å². The van der Waals surface area contributed by atoms with Crippen molar-refractivity contribution in [2.75, 3.05) is 0 Å². The minimum absolute atomic E-state index is 0. The van der Waals surface area contributed by atoms with E-state index in [4.69, 9.17) is 0 Å². The molecule has 0 aromatic carbocycles. The first-order chi connectivity index (χ1) is 13.4. The van der Waals surface area contributed by atoms with Crippen molar-refractivity contribution < 1.29 is 69.5 Å². The van der Waals surface area contributed by atoms with Crippen LogP contribution in [0.3, 0.4) is 0 Å². The Morgan fingerprint density at radius 2 is 1.00 bits per heavy atom. The predicted octanol–water partition coefficient (Wildman–Crippen LogP) is 3.72. The van der Waals surface area contributed by atoms with Crippen LogP contribution in [0, 0.1) is 0 Å². The molecule has 0 radical (unpaired) electrons. The molecule has 0 aromatic rings. The van der Waals surface area contributed by atoms with Crippen LogP contribution in [0.4, 0.5) is 0 Å². The van der Waals surface area contributed by atoms with Crippen molar-refractivity contribution in [2.24, 2.45) is 0 Å². The molecule has 0 aliphatic rings. The van der Waals surface area contributed by atoms with Gasteiger partial charge in [0.25, 0.3) is 0 Å². The molecule has 170 valence electrons. The first-order valence-electron chi connectivity index (χ1n) is 12.0. The standard InChI is InChI=1S/C23H48O4S.K/c1-3-5-7-9-11-12-14-15-17-19-22(24)21-23(28(25,26)27)20-18-16-13-10-8-6-4-2;/h22-24H,3-21H2,1-2H3,(H,25,26,27);/q;+1/p-1. The molecule has 0 amide bonds. The maximum absolute atomic E-state index is 11.5. The average molecular weight is 459 g/mol. The fourth-order valence-electron chi connectivity index (χ4n) is 3.82. The molecule has 0 heterocycles. The molecule has 0 spiro atoms. The zero-order chi connectivity index (χ0) is 21.1. The van der Waals surface area contributed by atoms with E-state index in [1.54, 1.807) is 0 Å². The Kier molecular flexibility index (Phi) is 25.6. The first-order valence-corrected chi connectivity index (χ1v) is 13.5. The van der Waals surface area contributed by atoms with Crippen LogP contribution < -0.4 is 51.4 Å². The molecule has 29 heavy (non-hydrogen) atoms. The van der Waals surface area contributed by atoms with Gasteiger partial charge >= 0.3 is 51.4 Å². The number of aliphatic hydroxyl groups is 1. The van der Waals surface area contributed by atoms with Gasteiger partial charge in [-0.05, 0) is 19.3 Å². The molecular weight excluding hydrogens is 411 g/mol. The van der Waals surface area contributed by atoms with Gasteiger partial charge in [0.1, 0.15) is 0 Å². The zero-order valence-electron chi connectivity index (χ0n) is 19.7. The summed E-state index contributed by atoms with van der Waals surface area (Å²) < 4.78 is 34.6. The molecule has 0 rings (SSSR count). The van der Waals surface area contributed by atoms with E-state index in [2.05, 4.69) is 13.8 Å². The molecule has 0 aliphatic heterocycles. The second kappa shape index (κ2) is 22.7. The van der Waals surface area contributed by atoms with Gasteiger partial charge < -0.3 is 9.66 Å². The third-order valence-corrected chi connectivity index (χ3v) is 6.96. The fourth-order valence-corrected chi connectivity index (χ4v) is 4.73. The van der Waals surface area contributed by atoms with E-state index in [1.165, 1.54) is 70.6 Å². The van der Waals surface area contributed by atoms with E-state index < -0.39 is 21.5 Å². The maximum atomic E-state index is 11.5. The molecule has 0 bridgehead atoms. The van der Waals surface area contributed by atoms with Gasteiger partial charge in [-0.1, -0.05) is 117 Å². The van der Waals surface area contributed by atoms with Gasteiger partial charge in [-0.2, -0.15) is 0 Å². The Morgan fingerprint density at radius 3 is 1.38 bits per heavy atom. The second-order valence-corrected chi connectivity index (χ2v) is 10.2. The largest absolute Gasteiger partial charge is 1.00 e. The Hall–Kier alpha value is 1.51. The fraction of sp³-hybridized carbons (Fsp3) is 1.00. The number of unbranched alkanes of at least 4 members (excludes halogenated alkanes) is 14. The summed E-state index contributed by atoms with van der Waals surface area (Å²) in [5.41, 5.74) is 0. The zero-order valence-corrected chi connectivity index (χ0v) is 23.6. The number of hydrogen-bond acceptors (Lipinski definition) is 4. The van der Waals surface area contributed by atoms with Crippen LogP contribution in [-0.4, -0.2) is 29.4 Å².